The first-order valence-corrected chi connectivity index (χ1v) is 5.49. The second-order valence-corrected chi connectivity index (χ2v) is 4.37. The zero-order valence-electron chi connectivity index (χ0n) is 7.47. The van der Waals surface area contributed by atoms with E-state index in [-0.39, 0.29) is 12.3 Å². The van der Waals surface area contributed by atoms with Gasteiger partial charge in [-0.3, -0.25) is 9.36 Å². The fourth-order valence-electron chi connectivity index (χ4n) is 1.08. The van der Waals surface area contributed by atoms with Crippen molar-refractivity contribution in [1.29, 1.82) is 0 Å². The Hall–Kier alpha value is -0.880. The summed E-state index contributed by atoms with van der Waals surface area (Å²) in [6, 6.07) is 0. The van der Waals surface area contributed by atoms with Crippen LogP contribution < -0.4 is 0 Å². The van der Waals surface area contributed by atoms with Gasteiger partial charge in [-0.15, -0.1) is 11.3 Å². The van der Waals surface area contributed by atoms with Crippen LogP contribution in [0.2, 0.25) is 0 Å². The molecule has 0 aliphatic heterocycles. The molecule has 1 rings (SSSR count). The molecule has 1 heterocycles. The Morgan fingerprint density at radius 2 is 2.29 bits per heavy atom. The van der Waals surface area contributed by atoms with Crippen LogP contribution in [0.5, 0.6) is 5.88 Å². The number of carboxylic acid groups (broad SMARTS) is 1. The number of carbonyl (C=O) groups is 1. The minimum Gasteiger partial charge on any atom is -0.494 e. The molecule has 0 saturated heterocycles. The highest BCUT2D eigenvalue weighted by Crippen LogP contribution is 2.17. The lowest BCUT2D eigenvalue weighted by Crippen LogP contribution is -1.99. The molecule has 14 heavy (non-hydrogen) atoms. The summed E-state index contributed by atoms with van der Waals surface area (Å²) in [5.74, 6) is -0.626. The summed E-state index contributed by atoms with van der Waals surface area (Å²) in [6.07, 6.45) is 1.48. The average molecular weight is 233 g/mol. The number of thiazole rings is 1. The van der Waals surface area contributed by atoms with Crippen LogP contribution in [0.4, 0.5) is 0 Å². The van der Waals surface area contributed by atoms with Gasteiger partial charge in [-0.25, -0.2) is 0 Å². The molecule has 1 aromatic rings. The molecule has 0 aliphatic carbocycles. The van der Waals surface area contributed by atoms with Gasteiger partial charge in [-0.1, -0.05) is 0 Å². The first-order valence-electron chi connectivity index (χ1n) is 4.20. The summed E-state index contributed by atoms with van der Waals surface area (Å²) in [6.45, 7) is 0.585. The summed E-state index contributed by atoms with van der Waals surface area (Å²) in [5.41, 5.74) is 0. The van der Waals surface area contributed by atoms with Crippen molar-refractivity contribution in [3.05, 3.63) is 9.33 Å². The normalized spacial score (nSPS) is 10.3. The molecule has 0 fully saturated rings. The summed E-state index contributed by atoms with van der Waals surface area (Å²) in [7, 11) is 0. The van der Waals surface area contributed by atoms with Crippen LogP contribution in [0.1, 0.15) is 19.3 Å². The van der Waals surface area contributed by atoms with Gasteiger partial charge in [0, 0.05) is 13.0 Å². The van der Waals surface area contributed by atoms with Crippen LogP contribution in [-0.4, -0.2) is 20.7 Å². The molecule has 4 nitrogen and oxygen atoms in total. The van der Waals surface area contributed by atoms with E-state index in [1.165, 1.54) is 11.3 Å². The lowest BCUT2D eigenvalue weighted by Gasteiger charge is -2.02. The largest absolute Gasteiger partial charge is 0.494 e. The van der Waals surface area contributed by atoms with Gasteiger partial charge in [0.15, 0.2) is 3.95 Å². The van der Waals surface area contributed by atoms with E-state index in [0.29, 0.717) is 23.3 Å². The Bertz CT molecular complexity index is 369. The lowest BCUT2D eigenvalue weighted by molar-refractivity contribution is -0.137. The molecule has 0 aliphatic rings. The maximum Gasteiger partial charge on any atom is 0.303 e. The quantitative estimate of drug-likeness (QED) is 0.605. The van der Waals surface area contributed by atoms with E-state index in [0.717, 1.165) is 0 Å². The fourth-order valence-corrected chi connectivity index (χ4v) is 2.05. The zero-order valence-corrected chi connectivity index (χ0v) is 9.11. The molecule has 0 spiro atoms. The van der Waals surface area contributed by atoms with Crippen LogP contribution in [0.15, 0.2) is 5.38 Å². The molecule has 0 unspecified atom stereocenters. The number of aromatic nitrogens is 1. The molecule has 0 radical (unpaired) electrons. The van der Waals surface area contributed by atoms with Crippen LogP contribution in [0.25, 0.3) is 0 Å². The molecule has 78 valence electrons. The molecular weight excluding hydrogens is 222 g/mol. The van der Waals surface area contributed by atoms with Gasteiger partial charge in [0.1, 0.15) is 0 Å². The van der Waals surface area contributed by atoms with Gasteiger partial charge in [0.2, 0.25) is 5.88 Å². The zero-order chi connectivity index (χ0) is 10.6. The molecule has 0 bridgehead atoms. The van der Waals surface area contributed by atoms with Gasteiger partial charge < -0.3 is 10.2 Å². The number of nitrogens with zero attached hydrogens (tertiary/aromatic N) is 1. The highest BCUT2D eigenvalue weighted by Gasteiger charge is 2.02. The van der Waals surface area contributed by atoms with Crippen molar-refractivity contribution in [1.82, 2.24) is 4.57 Å². The Balaban J connectivity index is 2.38. The summed E-state index contributed by atoms with van der Waals surface area (Å²) in [5, 5.41) is 19.3. The van der Waals surface area contributed by atoms with Crippen LogP contribution >= 0.6 is 23.6 Å². The Kier molecular flexibility index (Phi) is 4.09. The van der Waals surface area contributed by atoms with Crippen molar-refractivity contribution in [2.45, 2.75) is 25.8 Å². The first-order chi connectivity index (χ1) is 6.61. The van der Waals surface area contributed by atoms with Crippen molar-refractivity contribution < 1.29 is 15.0 Å². The van der Waals surface area contributed by atoms with E-state index in [1.54, 1.807) is 9.95 Å². The van der Waals surface area contributed by atoms with E-state index >= 15 is 0 Å². The highest BCUT2D eigenvalue weighted by molar-refractivity contribution is 7.73. The average Bonchev–Trinajstić information content (AvgIpc) is 2.42. The predicted molar refractivity (Wildman–Crippen MR) is 56.3 cm³/mol. The van der Waals surface area contributed by atoms with Crippen LogP contribution in [-0.2, 0) is 11.3 Å². The second-order valence-electron chi connectivity index (χ2n) is 2.86. The van der Waals surface area contributed by atoms with Gasteiger partial charge in [0.25, 0.3) is 0 Å². The molecule has 6 heteroatoms. The van der Waals surface area contributed by atoms with Crippen molar-refractivity contribution in [2.75, 3.05) is 0 Å². The van der Waals surface area contributed by atoms with Gasteiger partial charge in [-0.05, 0) is 25.1 Å². The smallest absolute Gasteiger partial charge is 0.303 e. The number of rotatable bonds is 5. The van der Waals surface area contributed by atoms with E-state index < -0.39 is 5.97 Å². The fraction of sp³-hybridized carbons (Fsp3) is 0.500. The lowest BCUT2D eigenvalue weighted by atomic mass is 10.2. The Morgan fingerprint density at radius 1 is 1.57 bits per heavy atom. The van der Waals surface area contributed by atoms with Crippen molar-refractivity contribution in [2.24, 2.45) is 0 Å². The van der Waals surface area contributed by atoms with E-state index in [9.17, 15) is 9.90 Å². The number of aliphatic carboxylic acids is 1. The van der Waals surface area contributed by atoms with Crippen molar-refractivity contribution in [3.8, 4) is 5.88 Å². The number of unbranched alkanes of at least 4 members (excludes halogenated alkanes) is 1. The van der Waals surface area contributed by atoms with Crippen molar-refractivity contribution >= 4 is 29.5 Å². The Labute approximate surface area is 90.4 Å². The molecular formula is C8H11NO3S2. The third kappa shape index (κ3) is 3.12. The summed E-state index contributed by atoms with van der Waals surface area (Å²) < 4.78 is 2.24. The van der Waals surface area contributed by atoms with Crippen LogP contribution in [0, 0.1) is 3.95 Å². The summed E-state index contributed by atoms with van der Waals surface area (Å²) >= 11 is 6.29. The minimum atomic E-state index is -0.789. The van der Waals surface area contributed by atoms with Crippen LogP contribution in [0.3, 0.4) is 0 Å². The predicted octanol–water partition coefficient (Wildman–Crippen LogP) is 2.24. The number of aromatic hydroxyl groups is 1. The minimum absolute atomic E-state index is 0.162. The molecule has 2 N–H and O–H groups in total. The van der Waals surface area contributed by atoms with Gasteiger partial charge in [-0.2, -0.15) is 0 Å². The molecule has 0 saturated carbocycles. The topological polar surface area (TPSA) is 62.5 Å². The highest BCUT2D eigenvalue weighted by atomic mass is 32.1. The molecule has 1 aromatic heterocycles. The Morgan fingerprint density at radius 3 is 2.79 bits per heavy atom. The maximum absolute atomic E-state index is 10.2. The number of carboxylic acids is 1. The van der Waals surface area contributed by atoms with E-state index in [1.807, 2.05) is 0 Å². The van der Waals surface area contributed by atoms with E-state index in [2.05, 4.69) is 0 Å². The SMILES string of the molecule is O=C(O)CCCCn1c(O)csc1=S. The van der Waals surface area contributed by atoms with Gasteiger partial charge >= 0.3 is 5.97 Å². The first kappa shape index (κ1) is 11.2. The summed E-state index contributed by atoms with van der Waals surface area (Å²) in [4.78, 5) is 10.2. The number of hydrogen-bond donors (Lipinski definition) is 2. The maximum atomic E-state index is 10.2. The standard InChI is InChI=1S/C8H11NO3S2/c10-6-5-14-8(13)9(6)4-2-1-3-7(11)12/h5,10H,1-4H2,(H,11,12). The third-order valence-electron chi connectivity index (χ3n) is 1.78. The van der Waals surface area contributed by atoms with Gasteiger partial charge in [0.05, 0.1) is 5.38 Å². The van der Waals surface area contributed by atoms with Crippen molar-refractivity contribution in [3.63, 3.8) is 0 Å². The van der Waals surface area contributed by atoms with E-state index in [4.69, 9.17) is 17.3 Å². The number of hydrogen-bond acceptors (Lipinski definition) is 4. The third-order valence-corrected chi connectivity index (χ3v) is 3.04. The molecule has 0 amide bonds. The molecule has 0 atom stereocenters. The molecule has 0 aromatic carbocycles. The monoisotopic (exact) mass is 233 g/mol. The second kappa shape index (κ2) is 5.11.